The molecule has 1 aromatic rings. The molecule has 21 heavy (non-hydrogen) atoms. The molecule has 0 bridgehead atoms. The lowest BCUT2D eigenvalue weighted by molar-refractivity contribution is -0.116. The molecule has 1 N–H and O–H groups in total. The zero-order valence-electron chi connectivity index (χ0n) is 13.1. The highest BCUT2D eigenvalue weighted by Gasteiger charge is 2.22. The molecule has 2 heterocycles. The average Bonchev–Trinajstić information content (AvgIpc) is 2.89. The summed E-state index contributed by atoms with van der Waals surface area (Å²) in [6, 6.07) is 7.03. The molecule has 1 atom stereocenters. The Bertz CT molecular complexity index is 529. The molecule has 1 unspecified atom stereocenters. The Morgan fingerprint density at radius 1 is 1.33 bits per heavy atom. The third-order valence-electron chi connectivity index (χ3n) is 4.82. The van der Waals surface area contributed by atoms with Crippen LogP contribution in [0.15, 0.2) is 18.2 Å². The summed E-state index contributed by atoms with van der Waals surface area (Å²) in [6.45, 7) is 4.68. The summed E-state index contributed by atoms with van der Waals surface area (Å²) >= 11 is 0. The number of nitrogens with one attached hydrogen (secondary N) is 1. The summed E-state index contributed by atoms with van der Waals surface area (Å²) in [7, 11) is 2.22. The zero-order valence-corrected chi connectivity index (χ0v) is 13.1. The number of likely N-dealkylation sites (tertiary alicyclic amines) is 1. The molecule has 2 aliphatic heterocycles. The zero-order chi connectivity index (χ0) is 14.8. The molecule has 4 nitrogen and oxygen atoms in total. The Labute approximate surface area is 127 Å². The van der Waals surface area contributed by atoms with E-state index in [1.54, 1.807) is 6.92 Å². The van der Waals surface area contributed by atoms with Crippen LogP contribution in [0.2, 0.25) is 0 Å². The highest BCUT2D eigenvalue weighted by Crippen LogP contribution is 2.30. The Morgan fingerprint density at radius 2 is 2.19 bits per heavy atom. The average molecular weight is 287 g/mol. The van der Waals surface area contributed by atoms with Crippen molar-refractivity contribution in [1.29, 1.82) is 0 Å². The van der Waals surface area contributed by atoms with Crippen molar-refractivity contribution in [3.63, 3.8) is 0 Å². The third kappa shape index (κ3) is 3.05. The fraction of sp³-hybridized carbons (Fsp3) is 0.588. The van der Waals surface area contributed by atoms with Crippen molar-refractivity contribution in [1.82, 2.24) is 4.90 Å². The van der Waals surface area contributed by atoms with Gasteiger partial charge in [0.1, 0.15) is 0 Å². The summed E-state index contributed by atoms with van der Waals surface area (Å²) < 4.78 is 0. The second kappa shape index (κ2) is 6.06. The van der Waals surface area contributed by atoms with Gasteiger partial charge in [0.25, 0.3) is 0 Å². The van der Waals surface area contributed by atoms with Crippen molar-refractivity contribution >= 4 is 17.3 Å². The second-order valence-electron chi connectivity index (χ2n) is 6.28. The van der Waals surface area contributed by atoms with Crippen LogP contribution in [0.25, 0.3) is 0 Å². The van der Waals surface area contributed by atoms with Crippen LogP contribution in [0, 0.1) is 0 Å². The number of nitrogens with zero attached hydrogens (tertiary/aromatic N) is 2. The maximum absolute atomic E-state index is 11.6. The highest BCUT2D eigenvalue weighted by atomic mass is 16.2. The van der Waals surface area contributed by atoms with Crippen molar-refractivity contribution < 1.29 is 4.79 Å². The number of amides is 1. The first-order valence-corrected chi connectivity index (χ1v) is 8.00. The first-order valence-electron chi connectivity index (χ1n) is 8.00. The summed E-state index contributed by atoms with van der Waals surface area (Å²) in [5.41, 5.74) is 3.55. The molecular formula is C17H25N3O. The van der Waals surface area contributed by atoms with Crippen molar-refractivity contribution in [2.45, 2.75) is 38.6 Å². The van der Waals surface area contributed by atoms with Gasteiger partial charge in [0.2, 0.25) is 5.91 Å². The van der Waals surface area contributed by atoms with E-state index in [0.29, 0.717) is 6.04 Å². The lowest BCUT2D eigenvalue weighted by Crippen LogP contribution is -2.40. The van der Waals surface area contributed by atoms with Gasteiger partial charge in [-0.2, -0.15) is 0 Å². The third-order valence-corrected chi connectivity index (χ3v) is 4.82. The molecule has 1 fully saturated rings. The Balaban J connectivity index is 1.64. The number of likely N-dealkylation sites (N-methyl/N-ethyl adjacent to an activating group) is 1. The molecule has 1 amide bonds. The van der Waals surface area contributed by atoms with E-state index in [1.165, 1.54) is 37.1 Å². The molecule has 0 radical (unpaired) electrons. The topological polar surface area (TPSA) is 35.6 Å². The van der Waals surface area contributed by atoms with E-state index in [2.05, 4.69) is 35.5 Å². The van der Waals surface area contributed by atoms with Gasteiger partial charge in [0.15, 0.2) is 0 Å². The van der Waals surface area contributed by atoms with E-state index in [-0.39, 0.29) is 5.91 Å². The number of rotatable bonds is 3. The van der Waals surface area contributed by atoms with Gasteiger partial charge in [0, 0.05) is 37.4 Å². The molecule has 0 aliphatic carbocycles. The van der Waals surface area contributed by atoms with Crippen LogP contribution < -0.4 is 10.2 Å². The van der Waals surface area contributed by atoms with Gasteiger partial charge in [-0.25, -0.2) is 0 Å². The van der Waals surface area contributed by atoms with Crippen molar-refractivity contribution in [2.24, 2.45) is 0 Å². The van der Waals surface area contributed by atoms with Gasteiger partial charge in [0.05, 0.1) is 0 Å². The van der Waals surface area contributed by atoms with Crippen LogP contribution in [-0.2, 0) is 11.2 Å². The quantitative estimate of drug-likeness (QED) is 0.928. The molecule has 0 aromatic heterocycles. The van der Waals surface area contributed by atoms with E-state index in [0.717, 1.165) is 25.2 Å². The van der Waals surface area contributed by atoms with Crippen LogP contribution in [0.4, 0.5) is 11.4 Å². The lowest BCUT2D eigenvalue weighted by atomic mass is 10.0. The first-order chi connectivity index (χ1) is 10.1. The molecule has 0 saturated carbocycles. The van der Waals surface area contributed by atoms with Gasteiger partial charge in [-0.1, -0.05) is 6.42 Å². The minimum Gasteiger partial charge on any atom is -0.383 e. The Hall–Kier alpha value is -1.55. The van der Waals surface area contributed by atoms with Gasteiger partial charge in [-0.05, 0) is 56.6 Å². The van der Waals surface area contributed by atoms with Crippen molar-refractivity contribution in [2.75, 3.05) is 36.9 Å². The normalized spacial score (nSPS) is 22.2. The van der Waals surface area contributed by atoms with Crippen LogP contribution in [0.1, 0.15) is 31.7 Å². The van der Waals surface area contributed by atoms with Gasteiger partial charge in [-0.15, -0.1) is 0 Å². The number of carbonyl (C=O) groups excluding carboxylic acids is 1. The summed E-state index contributed by atoms with van der Waals surface area (Å²) in [5.74, 6) is 0.137. The van der Waals surface area contributed by atoms with Gasteiger partial charge in [-0.3, -0.25) is 4.79 Å². The SMILES string of the molecule is CC(=O)N1CCc2cc(NCC3CCCCN3C)ccc21. The first kappa shape index (κ1) is 14.4. The standard InChI is InChI=1S/C17H25N3O/c1-13(21)20-10-8-14-11-15(6-7-17(14)20)18-12-16-5-3-4-9-19(16)2/h6-7,11,16,18H,3-5,8-10,12H2,1-2H3. The molecule has 2 aliphatic rings. The molecule has 0 spiro atoms. The number of anilines is 2. The predicted molar refractivity (Wildman–Crippen MR) is 86.9 cm³/mol. The highest BCUT2D eigenvalue weighted by molar-refractivity contribution is 5.94. The maximum atomic E-state index is 11.6. The predicted octanol–water partition coefficient (Wildman–Crippen LogP) is 2.49. The molecular weight excluding hydrogens is 262 g/mol. The Kier molecular flexibility index (Phi) is 4.15. The van der Waals surface area contributed by atoms with E-state index < -0.39 is 0 Å². The van der Waals surface area contributed by atoms with E-state index >= 15 is 0 Å². The summed E-state index contributed by atoms with van der Waals surface area (Å²) in [5, 5.41) is 3.57. The minimum absolute atomic E-state index is 0.137. The molecule has 3 rings (SSSR count). The molecule has 1 aromatic carbocycles. The number of hydrogen-bond acceptors (Lipinski definition) is 3. The van der Waals surface area contributed by atoms with Gasteiger partial charge >= 0.3 is 0 Å². The number of carbonyl (C=O) groups is 1. The van der Waals surface area contributed by atoms with Crippen LogP contribution in [-0.4, -0.2) is 43.5 Å². The van der Waals surface area contributed by atoms with Crippen molar-refractivity contribution in [3.8, 4) is 0 Å². The fourth-order valence-electron chi connectivity index (χ4n) is 3.48. The monoisotopic (exact) mass is 287 g/mol. The molecule has 4 heteroatoms. The smallest absolute Gasteiger partial charge is 0.223 e. The van der Waals surface area contributed by atoms with Crippen LogP contribution >= 0.6 is 0 Å². The fourth-order valence-corrected chi connectivity index (χ4v) is 3.48. The second-order valence-corrected chi connectivity index (χ2v) is 6.28. The lowest BCUT2D eigenvalue weighted by Gasteiger charge is -2.32. The number of benzene rings is 1. The number of piperidine rings is 1. The maximum Gasteiger partial charge on any atom is 0.223 e. The summed E-state index contributed by atoms with van der Waals surface area (Å²) in [6.07, 6.45) is 4.92. The van der Waals surface area contributed by atoms with Crippen LogP contribution in [0.5, 0.6) is 0 Å². The van der Waals surface area contributed by atoms with Gasteiger partial charge < -0.3 is 15.1 Å². The minimum atomic E-state index is 0.137. The summed E-state index contributed by atoms with van der Waals surface area (Å²) in [4.78, 5) is 15.9. The van der Waals surface area contributed by atoms with E-state index in [9.17, 15) is 4.79 Å². The van der Waals surface area contributed by atoms with Crippen LogP contribution in [0.3, 0.4) is 0 Å². The molecule has 1 saturated heterocycles. The van der Waals surface area contributed by atoms with E-state index in [4.69, 9.17) is 0 Å². The van der Waals surface area contributed by atoms with Crippen molar-refractivity contribution in [3.05, 3.63) is 23.8 Å². The van der Waals surface area contributed by atoms with E-state index in [1.807, 2.05) is 4.90 Å². The Morgan fingerprint density at radius 3 is 2.95 bits per heavy atom. The number of hydrogen-bond donors (Lipinski definition) is 1. The number of fused-ring (bicyclic) bond motifs is 1. The largest absolute Gasteiger partial charge is 0.383 e. The molecule has 114 valence electrons.